The van der Waals surface area contributed by atoms with Crippen molar-refractivity contribution in [2.75, 3.05) is 0 Å². The predicted molar refractivity (Wildman–Crippen MR) is 83.4 cm³/mol. The molecule has 0 atom stereocenters. The van der Waals surface area contributed by atoms with Gasteiger partial charge in [0.25, 0.3) is 0 Å². The number of benzene rings is 1. The molecule has 4 rings (SSSR count). The molecule has 0 aliphatic heterocycles. The Labute approximate surface area is 123 Å². The first-order valence-electron chi connectivity index (χ1n) is 7.50. The van der Waals surface area contributed by atoms with Crippen molar-refractivity contribution in [3.8, 4) is 5.69 Å². The number of imidazole rings is 1. The summed E-state index contributed by atoms with van der Waals surface area (Å²) in [6.45, 7) is 0.486. The van der Waals surface area contributed by atoms with Crippen LogP contribution in [0.5, 0.6) is 0 Å². The Kier molecular flexibility index (Phi) is 2.97. The highest BCUT2D eigenvalue weighted by molar-refractivity contribution is 5.88. The Morgan fingerprint density at radius 1 is 1.10 bits per heavy atom. The van der Waals surface area contributed by atoms with E-state index in [0.717, 1.165) is 35.0 Å². The Morgan fingerprint density at radius 2 is 1.95 bits per heavy atom. The van der Waals surface area contributed by atoms with E-state index in [0.29, 0.717) is 6.54 Å². The largest absolute Gasteiger partial charge is 0.326 e. The number of aromatic nitrogens is 3. The van der Waals surface area contributed by atoms with E-state index in [1.165, 1.54) is 24.2 Å². The first-order valence-corrected chi connectivity index (χ1v) is 7.50. The number of aryl methyl sites for hydroxylation is 1. The van der Waals surface area contributed by atoms with E-state index in [-0.39, 0.29) is 0 Å². The van der Waals surface area contributed by atoms with Crippen LogP contribution in [0.2, 0.25) is 0 Å². The zero-order valence-corrected chi connectivity index (χ0v) is 11.9. The van der Waals surface area contributed by atoms with Gasteiger partial charge in [0.2, 0.25) is 0 Å². The van der Waals surface area contributed by atoms with Crippen molar-refractivity contribution in [2.24, 2.45) is 5.73 Å². The summed E-state index contributed by atoms with van der Waals surface area (Å²) in [6.07, 6.45) is 8.51. The van der Waals surface area contributed by atoms with Crippen molar-refractivity contribution in [1.29, 1.82) is 0 Å². The number of hydrogen-bond donors (Lipinski definition) is 1. The minimum Gasteiger partial charge on any atom is -0.326 e. The molecule has 1 aliphatic rings. The smallest absolute Gasteiger partial charge is 0.0997 e. The van der Waals surface area contributed by atoms with Crippen LogP contribution in [0, 0.1) is 0 Å². The van der Waals surface area contributed by atoms with Crippen molar-refractivity contribution in [3.05, 3.63) is 53.7 Å². The highest BCUT2D eigenvalue weighted by Crippen LogP contribution is 2.29. The Morgan fingerprint density at radius 3 is 2.86 bits per heavy atom. The molecule has 21 heavy (non-hydrogen) atoms. The fourth-order valence-electron chi connectivity index (χ4n) is 3.26. The van der Waals surface area contributed by atoms with Crippen LogP contribution in [0.15, 0.2) is 36.8 Å². The molecule has 0 spiro atoms. The molecule has 4 nitrogen and oxygen atoms in total. The summed E-state index contributed by atoms with van der Waals surface area (Å²) in [5, 5.41) is 1.14. The maximum atomic E-state index is 5.95. The van der Waals surface area contributed by atoms with Gasteiger partial charge < -0.3 is 10.3 Å². The van der Waals surface area contributed by atoms with E-state index in [1.54, 1.807) is 0 Å². The highest BCUT2D eigenvalue weighted by Gasteiger charge is 2.19. The van der Waals surface area contributed by atoms with Gasteiger partial charge in [-0.2, -0.15) is 0 Å². The fourth-order valence-corrected chi connectivity index (χ4v) is 3.26. The summed E-state index contributed by atoms with van der Waals surface area (Å²) in [4.78, 5) is 9.14. The number of para-hydroxylation sites is 1. The molecule has 4 heteroatoms. The van der Waals surface area contributed by atoms with Crippen molar-refractivity contribution in [1.82, 2.24) is 14.5 Å². The molecule has 0 fully saturated rings. The average Bonchev–Trinajstić information content (AvgIpc) is 2.97. The molecule has 2 N–H and O–H groups in total. The Balaban J connectivity index is 2.03. The van der Waals surface area contributed by atoms with Gasteiger partial charge in [-0.15, -0.1) is 0 Å². The summed E-state index contributed by atoms with van der Waals surface area (Å²) < 4.78 is 2.24. The second-order valence-electron chi connectivity index (χ2n) is 5.57. The topological polar surface area (TPSA) is 56.7 Å². The van der Waals surface area contributed by atoms with E-state index < -0.39 is 0 Å². The third-order valence-electron chi connectivity index (χ3n) is 4.31. The molecular weight excluding hydrogens is 260 g/mol. The van der Waals surface area contributed by atoms with Crippen molar-refractivity contribution in [3.63, 3.8) is 0 Å². The van der Waals surface area contributed by atoms with Crippen LogP contribution < -0.4 is 5.73 Å². The van der Waals surface area contributed by atoms with Gasteiger partial charge in [0, 0.05) is 29.4 Å². The molecule has 0 amide bonds. The van der Waals surface area contributed by atoms with Crippen LogP contribution >= 0.6 is 0 Å². The van der Waals surface area contributed by atoms with Gasteiger partial charge >= 0.3 is 0 Å². The maximum Gasteiger partial charge on any atom is 0.0997 e. The summed E-state index contributed by atoms with van der Waals surface area (Å²) in [7, 11) is 0. The molecule has 0 saturated heterocycles. The Hall–Kier alpha value is -2.20. The number of nitrogens with two attached hydrogens (primary N) is 1. The molecule has 1 aliphatic carbocycles. The third-order valence-corrected chi connectivity index (χ3v) is 4.31. The summed E-state index contributed by atoms with van der Waals surface area (Å²) >= 11 is 0. The zero-order chi connectivity index (χ0) is 14.2. The number of rotatable bonds is 2. The lowest BCUT2D eigenvalue weighted by molar-refractivity contribution is 0.655. The lowest BCUT2D eigenvalue weighted by Crippen LogP contribution is -2.11. The minimum absolute atomic E-state index is 0.486. The number of fused-ring (bicyclic) bond motifs is 2. The van der Waals surface area contributed by atoms with Gasteiger partial charge in [-0.1, -0.05) is 18.2 Å². The van der Waals surface area contributed by atoms with Crippen LogP contribution in [0.25, 0.3) is 16.6 Å². The zero-order valence-electron chi connectivity index (χ0n) is 11.9. The second kappa shape index (κ2) is 4.97. The summed E-state index contributed by atoms with van der Waals surface area (Å²) in [6, 6.07) is 8.23. The fraction of sp³-hybridized carbons (Fsp3) is 0.294. The van der Waals surface area contributed by atoms with Crippen molar-refractivity contribution < 1.29 is 0 Å². The molecule has 2 heterocycles. The van der Waals surface area contributed by atoms with Crippen molar-refractivity contribution in [2.45, 2.75) is 32.2 Å². The first-order chi connectivity index (χ1) is 10.4. The van der Waals surface area contributed by atoms with Gasteiger partial charge in [-0.05, 0) is 31.7 Å². The minimum atomic E-state index is 0.486. The maximum absolute atomic E-state index is 5.95. The summed E-state index contributed by atoms with van der Waals surface area (Å²) in [5.74, 6) is 0. The van der Waals surface area contributed by atoms with Gasteiger partial charge in [-0.25, -0.2) is 4.98 Å². The monoisotopic (exact) mass is 278 g/mol. The number of hydrogen-bond acceptors (Lipinski definition) is 3. The summed E-state index contributed by atoms with van der Waals surface area (Å²) in [5.41, 5.74) is 11.8. The van der Waals surface area contributed by atoms with Gasteiger partial charge in [-0.3, -0.25) is 4.98 Å². The Bertz CT molecular complexity index is 804. The van der Waals surface area contributed by atoms with Crippen LogP contribution in [0.4, 0.5) is 0 Å². The number of nitrogens with zero attached hydrogens (tertiary/aromatic N) is 3. The van der Waals surface area contributed by atoms with Crippen LogP contribution in [0.1, 0.15) is 29.8 Å². The molecule has 1 aromatic carbocycles. The number of pyridine rings is 1. The van der Waals surface area contributed by atoms with E-state index in [1.807, 2.05) is 24.7 Å². The van der Waals surface area contributed by atoms with Gasteiger partial charge in [0.05, 0.1) is 23.2 Å². The quantitative estimate of drug-likeness (QED) is 0.784. The molecular formula is C17H18N4. The average molecular weight is 278 g/mol. The molecule has 0 saturated carbocycles. The molecule has 0 bridgehead atoms. The lowest BCUT2D eigenvalue weighted by atomic mass is 10.0. The van der Waals surface area contributed by atoms with Gasteiger partial charge in [0.1, 0.15) is 0 Å². The standard InChI is InChI=1S/C17H18N4/c18-9-12-10-19-14-6-2-1-5-13(14)17(12)21-11-20-15-7-3-4-8-16(15)21/h1-2,5-6,10-11H,3-4,7-9,18H2. The SMILES string of the molecule is NCc1cnc2ccccc2c1-n1cnc2c1CCCC2. The van der Waals surface area contributed by atoms with Crippen LogP contribution in [0.3, 0.4) is 0 Å². The lowest BCUT2D eigenvalue weighted by Gasteiger charge is -2.17. The van der Waals surface area contributed by atoms with E-state index in [4.69, 9.17) is 5.73 Å². The van der Waals surface area contributed by atoms with E-state index in [9.17, 15) is 0 Å². The van der Waals surface area contributed by atoms with Crippen molar-refractivity contribution >= 4 is 10.9 Å². The molecule has 3 aromatic rings. The molecule has 106 valence electrons. The van der Waals surface area contributed by atoms with E-state index >= 15 is 0 Å². The van der Waals surface area contributed by atoms with E-state index in [2.05, 4.69) is 26.7 Å². The highest BCUT2D eigenvalue weighted by atomic mass is 15.1. The van der Waals surface area contributed by atoms with Gasteiger partial charge in [0.15, 0.2) is 0 Å². The molecule has 0 radical (unpaired) electrons. The van der Waals surface area contributed by atoms with Crippen LogP contribution in [-0.2, 0) is 19.4 Å². The second-order valence-corrected chi connectivity index (χ2v) is 5.57. The normalized spacial score (nSPS) is 14.3. The molecule has 0 unspecified atom stereocenters. The predicted octanol–water partition coefficient (Wildman–Crippen LogP) is 2.76. The molecule has 2 aromatic heterocycles. The van der Waals surface area contributed by atoms with Crippen LogP contribution in [-0.4, -0.2) is 14.5 Å². The first kappa shape index (κ1) is 12.5. The third kappa shape index (κ3) is 1.94.